The average Bonchev–Trinajstić information content (AvgIpc) is 3.31. The summed E-state index contributed by atoms with van der Waals surface area (Å²) in [6.45, 7) is 8.18. The highest BCUT2D eigenvalue weighted by atomic mass is 35.5. The molecule has 1 aromatic carbocycles. The molecule has 5 nitrogen and oxygen atoms in total. The summed E-state index contributed by atoms with van der Waals surface area (Å²) < 4.78 is 16.9. The van der Waals surface area contributed by atoms with E-state index >= 15 is 0 Å². The second-order valence-corrected chi connectivity index (χ2v) is 8.72. The topological polar surface area (TPSA) is 55.6 Å². The van der Waals surface area contributed by atoms with E-state index in [-0.39, 0.29) is 17.9 Å². The van der Waals surface area contributed by atoms with Crippen LogP contribution in [0.4, 0.5) is 10.3 Å². The zero-order valence-corrected chi connectivity index (χ0v) is 18.1. The van der Waals surface area contributed by atoms with Crippen molar-refractivity contribution in [3.8, 4) is 11.3 Å². The maximum Gasteiger partial charge on any atom is 0.223 e. The summed E-state index contributed by atoms with van der Waals surface area (Å²) in [5.74, 6) is 1.57. The van der Waals surface area contributed by atoms with Crippen LogP contribution in [-0.2, 0) is 0 Å². The van der Waals surface area contributed by atoms with Crippen LogP contribution in [0.5, 0.6) is 0 Å². The molecule has 0 spiro atoms. The molecule has 1 fully saturated rings. The van der Waals surface area contributed by atoms with Crippen molar-refractivity contribution < 1.29 is 4.39 Å². The molecule has 0 amide bonds. The van der Waals surface area contributed by atoms with Gasteiger partial charge in [0, 0.05) is 17.6 Å². The van der Waals surface area contributed by atoms with Gasteiger partial charge in [-0.3, -0.25) is 0 Å². The highest BCUT2D eigenvalue weighted by Gasteiger charge is 2.23. The van der Waals surface area contributed by atoms with E-state index in [2.05, 4.69) is 41.0 Å². The molecular weight excluding hydrogens is 389 g/mol. The maximum absolute atomic E-state index is 14.9. The summed E-state index contributed by atoms with van der Waals surface area (Å²) >= 11 is 6.41. The largest absolute Gasteiger partial charge is 0.351 e. The minimum absolute atomic E-state index is 0.167. The molecule has 4 rings (SSSR count). The molecule has 7 heteroatoms. The predicted molar refractivity (Wildman–Crippen MR) is 116 cm³/mol. The van der Waals surface area contributed by atoms with E-state index in [0.29, 0.717) is 33.7 Å². The van der Waals surface area contributed by atoms with Gasteiger partial charge in [0.05, 0.1) is 22.4 Å². The molecule has 1 atom stereocenters. The van der Waals surface area contributed by atoms with E-state index in [1.165, 1.54) is 31.7 Å². The van der Waals surface area contributed by atoms with E-state index in [4.69, 9.17) is 11.6 Å². The van der Waals surface area contributed by atoms with Crippen LogP contribution in [-0.4, -0.2) is 25.6 Å². The van der Waals surface area contributed by atoms with Gasteiger partial charge >= 0.3 is 0 Å². The van der Waals surface area contributed by atoms with E-state index in [0.717, 1.165) is 11.3 Å². The first kappa shape index (κ1) is 20.1. The number of benzene rings is 1. The van der Waals surface area contributed by atoms with Gasteiger partial charge in [-0.05, 0) is 58.6 Å². The summed E-state index contributed by atoms with van der Waals surface area (Å²) in [7, 11) is 0. The fraction of sp³-hybridized carbons (Fsp3) is 0.500. The second kappa shape index (κ2) is 7.90. The van der Waals surface area contributed by atoms with Crippen molar-refractivity contribution in [2.75, 3.05) is 5.32 Å². The molecule has 154 valence electrons. The minimum atomic E-state index is -0.372. The molecule has 0 bridgehead atoms. The molecule has 0 saturated heterocycles. The van der Waals surface area contributed by atoms with Gasteiger partial charge in [-0.15, -0.1) is 0 Å². The Bertz CT molecular complexity index is 1040. The Hall–Kier alpha value is -2.21. The summed E-state index contributed by atoms with van der Waals surface area (Å²) in [4.78, 5) is 13.4. The highest BCUT2D eigenvalue weighted by molar-refractivity contribution is 6.33. The average molecular weight is 416 g/mol. The Balaban J connectivity index is 1.74. The first-order valence-corrected chi connectivity index (χ1v) is 10.7. The lowest BCUT2D eigenvalue weighted by Gasteiger charge is -2.20. The number of hydrogen-bond acceptors (Lipinski definition) is 4. The first-order valence-electron chi connectivity index (χ1n) is 10.3. The van der Waals surface area contributed by atoms with Crippen molar-refractivity contribution in [1.29, 1.82) is 0 Å². The van der Waals surface area contributed by atoms with E-state index in [9.17, 15) is 4.39 Å². The van der Waals surface area contributed by atoms with Gasteiger partial charge in [-0.25, -0.2) is 19.3 Å². The van der Waals surface area contributed by atoms with Gasteiger partial charge in [0.15, 0.2) is 5.82 Å². The Morgan fingerprint density at radius 1 is 1.17 bits per heavy atom. The van der Waals surface area contributed by atoms with Crippen molar-refractivity contribution in [3.05, 3.63) is 35.0 Å². The van der Waals surface area contributed by atoms with Crippen LogP contribution < -0.4 is 5.32 Å². The number of aryl methyl sites for hydroxylation is 1. The third-order valence-electron chi connectivity index (χ3n) is 5.92. The smallest absolute Gasteiger partial charge is 0.223 e. The Morgan fingerprint density at radius 2 is 1.90 bits per heavy atom. The molecule has 1 saturated carbocycles. The van der Waals surface area contributed by atoms with Gasteiger partial charge in [0.2, 0.25) is 5.95 Å². The fourth-order valence-corrected chi connectivity index (χ4v) is 4.68. The molecule has 0 radical (unpaired) electrons. The lowest BCUT2D eigenvalue weighted by atomic mass is 10.0. The first-order chi connectivity index (χ1) is 13.8. The molecule has 29 heavy (non-hydrogen) atoms. The van der Waals surface area contributed by atoms with Crippen molar-refractivity contribution in [3.63, 3.8) is 0 Å². The van der Waals surface area contributed by atoms with Crippen molar-refractivity contribution in [1.82, 2.24) is 19.5 Å². The lowest BCUT2D eigenvalue weighted by Crippen LogP contribution is -2.25. The van der Waals surface area contributed by atoms with Crippen molar-refractivity contribution in [2.24, 2.45) is 5.92 Å². The van der Waals surface area contributed by atoms with Gasteiger partial charge in [0.1, 0.15) is 11.3 Å². The summed E-state index contributed by atoms with van der Waals surface area (Å²) in [6.07, 6.45) is 6.61. The number of hydrogen-bond donors (Lipinski definition) is 1. The molecule has 2 aromatic heterocycles. The summed E-state index contributed by atoms with van der Waals surface area (Å²) in [5, 5.41) is 3.81. The standard InChI is InChI=1S/C22H27ClFN5/c1-12(2)29-14(4)27-21-18(24)9-16(10-19(21)29)20-17(23)11-25-22(28-20)26-13(3)15-7-5-6-8-15/h9-13,15H,5-8H2,1-4H3,(H,25,26,28). The molecule has 1 N–H and O–H groups in total. The third kappa shape index (κ3) is 3.82. The van der Waals surface area contributed by atoms with E-state index < -0.39 is 0 Å². The van der Waals surface area contributed by atoms with E-state index in [1.54, 1.807) is 6.20 Å². The van der Waals surface area contributed by atoms with Crippen LogP contribution in [0.25, 0.3) is 22.3 Å². The van der Waals surface area contributed by atoms with Crippen molar-refractivity contribution in [2.45, 2.75) is 65.5 Å². The van der Waals surface area contributed by atoms with Gasteiger partial charge in [0.25, 0.3) is 0 Å². The Kier molecular flexibility index (Phi) is 5.47. The zero-order valence-electron chi connectivity index (χ0n) is 17.3. The van der Waals surface area contributed by atoms with Gasteiger partial charge in [-0.1, -0.05) is 24.4 Å². The SMILES string of the molecule is Cc1nc2c(F)cc(-c3nc(NC(C)C4CCCC4)ncc3Cl)cc2n1C(C)C. The number of rotatable bonds is 5. The zero-order chi connectivity index (χ0) is 20.7. The number of aromatic nitrogens is 4. The second-order valence-electron chi connectivity index (χ2n) is 8.32. The number of nitrogens with one attached hydrogen (secondary N) is 1. The quantitative estimate of drug-likeness (QED) is 0.541. The summed E-state index contributed by atoms with van der Waals surface area (Å²) in [5.41, 5.74) is 2.27. The van der Waals surface area contributed by atoms with Gasteiger partial charge in [-0.2, -0.15) is 0 Å². The highest BCUT2D eigenvalue weighted by Crippen LogP contribution is 2.33. The Labute approximate surface area is 175 Å². The fourth-order valence-electron chi connectivity index (χ4n) is 4.48. The monoisotopic (exact) mass is 415 g/mol. The van der Waals surface area contributed by atoms with Crippen LogP contribution in [0.15, 0.2) is 18.3 Å². The number of fused-ring (bicyclic) bond motifs is 1. The minimum Gasteiger partial charge on any atom is -0.351 e. The van der Waals surface area contributed by atoms with Crippen LogP contribution in [0.1, 0.15) is 58.3 Å². The molecular formula is C22H27ClFN5. The number of nitrogens with zero attached hydrogens (tertiary/aromatic N) is 4. The number of imidazole rings is 1. The normalized spacial score (nSPS) is 16.1. The summed E-state index contributed by atoms with van der Waals surface area (Å²) in [6, 6.07) is 3.82. The third-order valence-corrected chi connectivity index (χ3v) is 6.20. The number of anilines is 1. The number of halogens is 2. The van der Waals surface area contributed by atoms with Crippen molar-refractivity contribution >= 4 is 28.6 Å². The van der Waals surface area contributed by atoms with Crippen LogP contribution >= 0.6 is 11.6 Å². The predicted octanol–water partition coefficient (Wildman–Crippen LogP) is 6.17. The van der Waals surface area contributed by atoms with Crippen LogP contribution in [0.3, 0.4) is 0 Å². The molecule has 0 aliphatic heterocycles. The van der Waals surface area contributed by atoms with Crippen LogP contribution in [0.2, 0.25) is 5.02 Å². The molecule has 1 aliphatic carbocycles. The molecule has 1 unspecified atom stereocenters. The molecule has 2 heterocycles. The molecule has 3 aromatic rings. The Morgan fingerprint density at radius 3 is 2.59 bits per heavy atom. The van der Waals surface area contributed by atoms with E-state index in [1.807, 2.05) is 17.6 Å². The molecule has 1 aliphatic rings. The lowest BCUT2D eigenvalue weighted by molar-refractivity contribution is 0.480. The van der Waals surface area contributed by atoms with Gasteiger partial charge < -0.3 is 9.88 Å². The van der Waals surface area contributed by atoms with Crippen LogP contribution in [0, 0.1) is 18.7 Å². The maximum atomic E-state index is 14.9.